The van der Waals surface area contributed by atoms with Gasteiger partial charge in [-0.1, -0.05) is 37.5 Å². The van der Waals surface area contributed by atoms with E-state index >= 15 is 0 Å². The van der Waals surface area contributed by atoms with E-state index in [-0.39, 0.29) is 11.7 Å². The number of hydrogen-bond donors (Lipinski definition) is 1. The minimum atomic E-state index is -1.12. The highest BCUT2D eigenvalue weighted by atomic mass is 16.4. The number of carboxylic acid groups (broad SMARTS) is 1. The standard InChI is InChI=1S/C17H19NO4/c1-18(17(16(20)21)9-5-2-6-10-17)15(19)14-11-12-7-3-4-8-13(12)22-14/h3-4,7-8,11H,2,5-6,9-10H2,1H3,(H,20,21). The largest absolute Gasteiger partial charge is 0.479 e. The number of nitrogens with zero attached hydrogens (tertiary/aromatic N) is 1. The average Bonchev–Trinajstić information content (AvgIpc) is 2.98. The number of amides is 1. The Morgan fingerprint density at radius 2 is 1.86 bits per heavy atom. The van der Waals surface area contributed by atoms with Gasteiger partial charge < -0.3 is 14.4 Å². The lowest BCUT2D eigenvalue weighted by atomic mass is 9.80. The minimum absolute atomic E-state index is 0.190. The van der Waals surface area contributed by atoms with E-state index in [2.05, 4.69) is 0 Å². The molecule has 1 N–H and O–H groups in total. The molecular weight excluding hydrogens is 282 g/mol. The molecule has 1 aromatic carbocycles. The second-order valence-electron chi connectivity index (χ2n) is 5.91. The van der Waals surface area contributed by atoms with Crippen molar-refractivity contribution in [1.29, 1.82) is 0 Å². The third kappa shape index (κ3) is 2.26. The summed E-state index contributed by atoms with van der Waals surface area (Å²) in [6.45, 7) is 0. The van der Waals surface area contributed by atoms with Crippen molar-refractivity contribution in [2.24, 2.45) is 0 Å². The van der Waals surface area contributed by atoms with Crippen LogP contribution in [-0.2, 0) is 4.79 Å². The van der Waals surface area contributed by atoms with E-state index in [9.17, 15) is 14.7 Å². The van der Waals surface area contributed by atoms with Gasteiger partial charge in [0.15, 0.2) is 5.76 Å². The van der Waals surface area contributed by atoms with Crippen LogP contribution in [0.3, 0.4) is 0 Å². The number of hydrogen-bond acceptors (Lipinski definition) is 3. The van der Waals surface area contributed by atoms with Crippen LogP contribution in [0.25, 0.3) is 11.0 Å². The molecule has 0 aliphatic heterocycles. The maximum absolute atomic E-state index is 12.7. The van der Waals surface area contributed by atoms with Crippen molar-refractivity contribution in [3.63, 3.8) is 0 Å². The Hall–Kier alpha value is -2.30. The first-order valence-electron chi connectivity index (χ1n) is 7.55. The fourth-order valence-electron chi connectivity index (χ4n) is 3.28. The first-order chi connectivity index (χ1) is 10.5. The van der Waals surface area contributed by atoms with Crippen molar-refractivity contribution in [2.45, 2.75) is 37.6 Å². The predicted molar refractivity (Wildman–Crippen MR) is 81.8 cm³/mol. The van der Waals surface area contributed by atoms with Gasteiger partial charge in [0.05, 0.1) is 0 Å². The monoisotopic (exact) mass is 301 g/mol. The van der Waals surface area contributed by atoms with Crippen LogP contribution in [-0.4, -0.2) is 34.5 Å². The number of fused-ring (bicyclic) bond motifs is 1. The molecule has 5 heteroatoms. The number of furan rings is 1. The summed E-state index contributed by atoms with van der Waals surface area (Å²) < 4.78 is 5.58. The molecule has 116 valence electrons. The van der Waals surface area contributed by atoms with Crippen LogP contribution in [0.2, 0.25) is 0 Å². The Morgan fingerprint density at radius 1 is 1.18 bits per heavy atom. The number of para-hydroxylation sites is 1. The van der Waals surface area contributed by atoms with Crippen molar-refractivity contribution >= 4 is 22.8 Å². The minimum Gasteiger partial charge on any atom is -0.479 e. The lowest BCUT2D eigenvalue weighted by Gasteiger charge is -2.40. The number of likely N-dealkylation sites (N-methyl/N-ethyl adjacent to an activating group) is 1. The van der Waals surface area contributed by atoms with E-state index in [0.717, 1.165) is 24.6 Å². The molecule has 22 heavy (non-hydrogen) atoms. The highest BCUT2D eigenvalue weighted by Crippen LogP contribution is 2.34. The molecule has 0 radical (unpaired) electrons. The molecule has 0 spiro atoms. The topological polar surface area (TPSA) is 70.8 Å². The number of carbonyl (C=O) groups excluding carboxylic acids is 1. The molecule has 1 aromatic heterocycles. The normalized spacial score (nSPS) is 17.3. The number of carboxylic acids is 1. The van der Waals surface area contributed by atoms with Crippen LogP contribution in [0.4, 0.5) is 0 Å². The average molecular weight is 301 g/mol. The number of rotatable bonds is 3. The molecule has 0 bridgehead atoms. The zero-order valence-electron chi connectivity index (χ0n) is 12.5. The van der Waals surface area contributed by atoms with Crippen LogP contribution in [0.1, 0.15) is 42.7 Å². The van der Waals surface area contributed by atoms with Gasteiger partial charge >= 0.3 is 5.97 Å². The summed E-state index contributed by atoms with van der Waals surface area (Å²) in [7, 11) is 1.56. The summed E-state index contributed by atoms with van der Waals surface area (Å²) in [5.41, 5.74) is -0.485. The third-order valence-corrected chi connectivity index (χ3v) is 4.66. The summed E-state index contributed by atoms with van der Waals surface area (Å²) >= 11 is 0. The molecule has 1 aliphatic rings. The van der Waals surface area contributed by atoms with Crippen LogP contribution in [0.5, 0.6) is 0 Å². The molecule has 1 amide bonds. The van der Waals surface area contributed by atoms with Gasteiger partial charge in [0.25, 0.3) is 5.91 Å². The van der Waals surface area contributed by atoms with Gasteiger partial charge in [-0.15, -0.1) is 0 Å². The molecule has 1 aliphatic carbocycles. The smallest absolute Gasteiger partial charge is 0.329 e. The Labute approximate surface area is 128 Å². The molecular formula is C17H19NO4. The predicted octanol–water partition coefficient (Wildman–Crippen LogP) is 3.29. The number of benzene rings is 1. The Kier molecular flexibility index (Phi) is 3.64. The van der Waals surface area contributed by atoms with E-state index < -0.39 is 11.5 Å². The van der Waals surface area contributed by atoms with Gasteiger partial charge in [-0.25, -0.2) is 4.79 Å². The van der Waals surface area contributed by atoms with Crippen molar-refractivity contribution in [3.05, 3.63) is 36.1 Å². The molecule has 1 fully saturated rings. The molecule has 0 saturated heterocycles. The summed E-state index contributed by atoms with van der Waals surface area (Å²) in [6, 6.07) is 9.04. The lowest BCUT2D eigenvalue weighted by molar-refractivity contribution is -0.151. The second-order valence-corrected chi connectivity index (χ2v) is 5.91. The SMILES string of the molecule is CN(C(=O)c1cc2ccccc2o1)C1(C(=O)O)CCCCC1. The van der Waals surface area contributed by atoms with Crippen LogP contribution < -0.4 is 0 Å². The van der Waals surface area contributed by atoms with Crippen LogP contribution >= 0.6 is 0 Å². The van der Waals surface area contributed by atoms with Crippen LogP contribution in [0.15, 0.2) is 34.7 Å². The van der Waals surface area contributed by atoms with E-state index in [1.54, 1.807) is 19.2 Å². The van der Waals surface area contributed by atoms with E-state index in [1.165, 1.54) is 4.90 Å². The first kappa shape index (κ1) is 14.6. The van der Waals surface area contributed by atoms with Gasteiger partial charge in [0, 0.05) is 12.4 Å². The molecule has 2 aromatic rings. The second kappa shape index (κ2) is 5.48. The van der Waals surface area contributed by atoms with E-state index in [0.29, 0.717) is 18.4 Å². The highest BCUT2D eigenvalue weighted by Gasteiger charge is 2.46. The van der Waals surface area contributed by atoms with Crippen molar-refractivity contribution in [2.75, 3.05) is 7.05 Å². The van der Waals surface area contributed by atoms with Gasteiger partial charge in [-0.3, -0.25) is 4.79 Å². The van der Waals surface area contributed by atoms with Crippen molar-refractivity contribution < 1.29 is 19.1 Å². The zero-order valence-corrected chi connectivity index (χ0v) is 12.5. The van der Waals surface area contributed by atoms with E-state index in [4.69, 9.17) is 4.42 Å². The third-order valence-electron chi connectivity index (χ3n) is 4.66. The molecule has 0 unspecified atom stereocenters. The van der Waals surface area contributed by atoms with Gasteiger partial charge in [0.1, 0.15) is 11.1 Å². The Morgan fingerprint density at radius 3 is 2.50 bits per heavy atom. The number of aliphatic carboxylic acids is 1. The highest BCUT2D eigenvalue weighted by molar-refractivity contribution is 5.98. The van der Waals surface area contributed by atoms with Gasteiger partial charge in [-0.2, -0.15) is 0 Å². The molecule has 0 atom stereocenters. The zero-order chi connectivity index (χ0) is 15.7. The van der Waals surface area contributed by atoms with Crippen molar-refractivity contribution in [3.8, 4) is 0 Å². The lowest BCUT2D eigenvalue weighted by Crippen LogP contribution is -2.56. The molecule has 3 rings (SSSR count). The number of carbonyl (C=O) groups is 2. The summed E-state index contributed by atoms with van der Waals surface area (Å²) in [5.74, 6) is -1.12. The Bertz CT molecular complexity index is 679. The fourth-order valence-corrected chi connectivity index (χ4v) is 3.28. The maximum Gasteiger partial charge on any atom is 0.329 e. The first-order valence-corrected chi connectivity index (χ1v) is 7.55. The Balaban J connectivity index is 1.94. The van der Waals surface area contributed by atoms with Gasteiger partial charge in [0.2, 0.25) is 0 Å². The summed E-state index contributed by atoms with van der Waals surface area (Å²) in [4.78, 5) is 25.8. The molecule has 1 saturated carbocycles. The van der Waals surface area contributed by atoms with Crippen molar-refractivity contribution in [1.82, 2.24) is 4.90 Å². The molecule has 5 nitrogen and oxygen atoms in total. The fraction of sp³-hybridized carbons (Fsp3) is 0.412. The summed E-state index contributed by atoms with van der Waals surface area (Å²) in [5, 5.41) is 10.5. The maximum atomic E-state index is 12.7. The van der Waals surface area contributed by atoms with Gasteiger partial charge in [-0.05, 0) is 25.0 Å². The molecule has 1 heterocycles. The quantitative estimate of drug-likeness (QED) is 0.944. The van der Waals surface area contributed by atoms with Crippen LogP contribution in [0, 0.1) is 0 Å². The summed E-state index contributed by atoms with van der Waals surface area (Å²) in [6.07, 6.45) is 3.64. The van der Waals surface area contributed by atoms with E-state index in [1.807, 2.05) is 18.2 Å².